The zero-order chi connectivity index (χ0) is 15.8. The lowest BCUT2D eigenvalue weighted by molar-refractivity contribution is -0.151. The molecule has 1 saturated heterocycles. The van der Waals surface area contributed by atoms with Crippen molar-refractivity contribution in [2.45, 2.75) is 13.8 Å². The Morgan fingerprint density at radius 1 is 1.57 bits per heavy atom. The summed E-state index contributed by atoms with van der Waals surface area (Å²) < 4.78 is 5.10. The van der Waals surface area contributed by atoms with Gasteiger partial charge in [0.2, 0.25) is 0 Å². The third-order valence-electron chi connectivity index (χ3n) is 4.17. The van der Waals surface area contributed by atoms with E-state index in [-0.39, 0.29) is 37.1 Å². The third-order valence-corrected chi connectivity index (χ3v) is 4.17. The highest BCUT2D eigenvalue weighted by molar-refractivity contribution is 6.02. The Hall–Kier alpha value is -2.29. The van der Waals surface area contributed by atoms with Gasteiger partial charge in [0, 0.05) is 0 Å². The minimum absolute atomic E-state index is 0.0587. The molecule has 21 heavy (non-hydrogen) atoms. The molecule has 0 bridgehead atoms. The summed E-state index contributed by atoms with van der Waals surface area (Å²) in [7, 11) is 0. The van der Waals surface area contributed by atoms with Crippen LogP contribution in [0.4, 0.5) is 4.79 Å². The third kappa shape index (κ3) is 2.51. The van der Waals surface area contributed by atoms with E-state index in [1.165, 1.54) is 4.90 Å². The molecular weight excluding hydrogens is 272 g/mol. The van der Waals surface area contributed by atoms with Gasteiger partial charge in [-0.15, -0.1) is 13.0 Å². The number of esters is 1. The molecule has 6 nitrogen and oxygen atoms in total. The summed E-state index contributed by atoms with van der Waals surface area (Å²) in [6.07, 6.45) is 6.85. The van der Waals surface area contributed by atoms with Crippen molar-refractivity contribution in [2.75, 3.05) is 19.8 Å². The van der Waals surface area contributed by atoms with Crippen molar-refractivity contribution in [3.05, 3.63) is 12.7 Å². The van der Waals surface area contributed by atoms with Crippen LogP contribution in [-0.4, -0.2) is 47.5 Å². The number of ether oxygens (including phenoxy) is 1. The second kappa shape index (κ2) is 5.24. The maximum atomic E-state index is 12.0. The molecular formula is C15H18N2O4. The summed E-state index contributed by atoms with van der Waals surface area (Å²) in [5.74, 6) is 1.26. The lowest BCUT2D eigenvalue weighted by Crippen LogP contribution is -2.36. The van der Waals surface area contributed by atoms with Gasteiger partial charge < -0.3 is 9.64 Å². The summed E-state index contributed by atoms with van der Waals surface area (Å²) in [5, 5.41) is 0. The fourth-order valence-electron chi connectivity index (χ4n) is 2.74. The Kier molecular flexibility index (Phi) is 3.77. The van der Waals surface area contributed by atoms with Gasteiger partial charge in [-0.25, -0.2) is 9.69 Å². The van der Waals surface area contributed by atoms with Crippen molar-refractivity contribution in [2.24, 2.45) is 17.3 Å². The highest BCUT2D eigenvalue weighted by Crippen LogP contribution is 2.59. The van der Waals surface area contributed by atoms with Crippen molar-refractivity contribution in [3.8, 4) is 12.3 Å². The molecule has 2 aliphatic rings. The van der Waals surface area contributed by atoms with Crippen LogP contribution >= 0.6 is 0 Å². The average molecular weight is 290 g/mol. The Labute approximate surface area is 123 Å². The average Bonchev–Trinajstić information content (AvgIpc) is 2.88. The normalized spacial score (nSPS) is 26.5. The number of imide groups is 1. The molecule has 0 aromatic heterocycles. The first-order valence-electron chi connectivity index (χ1n) is 6.66. The van der Waals surface area contributed by atoms with Crippen LogP contribution in [-0.2, 0) is 14.3 Å². The summed E-state index contributed by atoms with van der Waals surface area (Å²) in [6, 6.07) is -0.527. The molecule has 2 fully saturated rings. The number of hydrogen-bond donors (Lipinski definition) is 0. The zero-order valence-corrected chi connectivity index (χ0v) is 12.2. The van der Waals surface area contributed by atoms with Crippen LogP contribution in [0.2, 0.25) is 0 Å². The summed E-state index contributed by atoms with van der Waals surface area (Å²) in [6.45, 7) is 7.21. The van der Waals surface area contributed by atoms with E-state index < -0.39 is 17.9 Å². The maximum absolute atomic E-state index is 12.0. The van der Waals surface area contributed by atoms with E-state index in [1.54, 1.807) is 6.08 Å². The predicted octanol–water partition coefficient (Wildman–Crippen LogP) is 0.843. The highest BCUT2D eigenvalue weighted by atomic mass is 16.5. The summed E-state index contributed by atoms with van der Waals surface area (Å²) in [5.41, 5.74) is -0.187. The Morgan fingerprint density at radius 3 is 2.76 bits per heavy atom. The van der Waals surface area contributed by atoms with E-state index in [4.69, 9.17) is 11.2 Å². The lowest BCUT2D eigenvalue weighted by atomic mass is 10.1. The molecule has 0 N–H and O–H groups in total. The smallest absolute Gasteiger partial charge is 0.330 e. The van der Waals surface area contributed by atoms with Crippen molar-refractivity contribution < 1.29 is 19.1 Å². The summed E-state index contributed by atoms with van der Waals surface area (Å²) >= 11 is 0. The number of hydrogen-bond acceptors (Lipinski definition) is 4. The minimum atomic E-state index is -0.527. The fraction of sp³-hybridized carbons (Fsp3) is 0.533. The van der Waals surface area contributed by atoms with E-state index in [9.17, 15) is 14.4 Å². The second-order valence-electron chi connectivity index (χ2n) is 5.82. The number of rotatable bonds is 5. The monoisotopic (exact) mass is 290 g/mol. The number of urea groups is 1. The van der Waals surface area contributed by atoms with Gasteiger partial charge in [-0.2, -0.15) is 0 Å². The van der Waals surface area contributed by atoms with Gasteiger partial charge >= 0.3 is 12.0 Å². The SMILES string of the molecule is C#CCN1CC(=O)N(COC(=O)[C@@H]2[C@@H](C=C)C2(C)C)C1=O. The standard InChI is InChI=1S/C15H18N2O4/c1-5-7-16-8-11(18)17(14(16)20)9-21-13(19)12-10(6-2)15(12,3)4/h1,6,10,12H,2,7-9H2,3-4H3/t10-,12+/m1/s1. The first-order valence-corrected chi connectivity index (χ1v) is 6.66. The molecule has 1 aliphatic carbocycles. The first kappa shape index (κ1) is 15.1. The van der Waals surface area contributed by atoms with Gasteiger partial charge in [0.1, 0.15) is 6.54 Å². The Bertz CT molecular complexity index is 546. The summed E-state index contributed by atoms with van der Waals surface area (Å²) in [4.78, 5) is 37.7. The van der Waals surface area contributed by atoms with Crippen LogP contribution in [0.1, 0.15) is 13.8 Å². The molecule has 3 amide bonds. The predicted molar refractivity (Wildman–Crippen MR) is 74.6 cm³/mol. The van der Waals surface area contributed by atoms with Gasteiger partial charge in [-0.05, 0) is 11.3 Å². The minimum Gasteiger partial charge on any atom is -0.443 e. The Balaban J connectivity index is 1.91. The van der Waals surface area contributed by atoms with E-state index >= 15 is 0 Å². The molecule has 0 radical (unpaired) electrons. The molecule has 1 saturated carbocycles. The van der Waals surface area contributed by atoms with Crippen molar-refractivity contribution >= 4 is 17.9 Å². The largest absolute Gasteiger partial charge is 0.443 e. The molecule has 0 aromatic rings. The van der Waals surface area contributed by atoms with Gasteiger partial charge in [0.05, 0.1) is 12.5 Å². The van der Waals surface area contributed by atoms with E-state index in [0.717, 1.165) is 4.90 Å². The van der Waals surface area contributed by atoms with Crippen LogP contribution in [0.15, 0.2) is 12.7 Å². The fourth-order valence-corrected chi connectivity index (χ4v) is 2.74. The molecule has 0 unspecified atom stereocenters. The van der Waals surface area contributed by atoms with Crippen LogP contribution in [0.5, 0.6) is 0 Å². The Morgan fingerprint density at radius 2 is 2.24 bits per heavy atom. The molecule has 0 aromatic carbocycles. The van der Waals surface area contributed by atoms with Gasteiger partial charge in [-0.3, -0.25) is 9.59 Å². The van der Waals surface area contributed by atoms with Crippen LogP contribution in [0.25, 0.3) is 0 Å². The molecule has 0 spiro atoms. The van der Waals surface area contributed by atoms with Gasteiger partial charge in [0.15, 0.2) is 6.73 Å². The van der Waals surface area contributed by atoms with Crippen molar-refractivity contribution in [1.82, 2.24) is 9.80 Å². The van der Waals surface area contributed by atoms with Crippen molar-refractivity contribution in [3.63, 3.8) is 0 Å². The molecule has 2 rings (SSSR count). The van der Waals surface area contributed by atoms with Gasteiger partial charge in [-0.1, -0.05) is 25.8 Å². The number of allylic oxidation sites excluding steroid dienone is 1. The molecule has 1 heterocycles. The lowest BCUT2D eigenvalue weighted by Gasteiger charge is -2.15. The number of terminal acetylenes is 1. The van der Waals surface area contributed by atoms with Gasteiger partial charge in [0.25, 0.3) is 5.91 Å². The molecule has 1 aliphatic heterocycles. The molecule has 112 valence electrons. The molecule has 2 atom stereocenters. The topological polar surface area (TPSA) is 66.9 Å². The number of amides is 3. The number of nitrogens with zero attached hydrogens (tertiary/aromatic N) is 2. The molecule has 6 heteroatoms. The van der Waals surface area contributed by atoms with E-state index in [0.29, 0.717) is 0 Å². The van der Waals surface area contributed by atoms with E-state index in [2.05, 4.69) is 12.5 Å². The second-order valence-corrected chi connectivity index (χ2v) is 5.82. The van der Waals surface area contributed by atoms with E-state index in [1.807, 2.05) is 13.8 Å². The maximum Gasteiger partial charge on any atom is 0.330 e. The zero-order valence-electron chi connectivity index (χ0n) is 12.2. The number of carbonyl (C=O) groups excluding carboxylic acids is 3. The quantitative estimate of drug-likeness (QED) is 0.326. The van der Waals surface area contributed by atoms with Crippen LogP contribution in [0, 0.1) is 29.6 Å². The first-order chi connectivity index (χ1) is 9.84. The van der Waals surface area contributed by atoms with Crippen LogP contribution in [0.3, 0.4) is 0 Å². The van der Waals surface area contributed by atoms with Crippen molar-refractivity contribution in [1.29, 1.82) is 0 Å². The number of carbonyl (C=O) groups is 3. The highest BCUT2D eigenvalue weighted by Gasteiger charge is 2.61. The van der Waals surface area contributed by atoms with Crippen LogP contribution < -0.4 is 0 Å².